The Labute approximate surface area is 203 Å². The van der Waals surface area contributed by atoms with E-state index < -0.39 is 40.8 Å². The molecule has 4 aromatic rings. The van der Waals surface area contributed by atoms with Crippen LogP contribution in [-0.2, 0) is 12.5 Å². The van der Waals surface area contributed by atoms with Crippen LogP contribution in [0.5, 0.6) is 5.75 Å². The Hall–Kier alpha value is -3.55. The molecule has 0 bridgehead atoms. The second kappa shape index (κ2) is 10.2. The van der Waals surface area contributed by atoms with Crippen LogP contribution in [0.2, 0.25) is 0 Å². The van der Waals surface area contributed by atoms with Crippen molar-refractivity contribution in [1.82, 2.24) is 0 Å². The summed E-state index contributed by atoms with van der Waals surface area (Å²) in [5, 5.41) is -0.00228. The Morgan fingerprint density at radius 1 is 0.694 bits per heavy atom. The van der Waals surface area contributed by atoms with Gasteiger partial charge in [-0.1, -0.05) is 44.0 Å². The van der Waals surface area contributed by atoms with Crippen molar-refractivity contribution in [3.63, 3.8) is 0 Å². The maximum Gasteiger partial charge on any atom is 0.432 e. The third-order valence-electron chi connectivity index (χ3n) is 5.87. The van der Waals surface area contributed by atoms with Crippen molar-refractivity contribution in [2.24, 2.45) is 0 Å². The first-order valence-electron chi connectivity index (χ1n) is 11.3. The highest BCUT2D eigenvalue weighted by molar-refractivity contribution is 5.88. The fraction of sp³-hybridized carbons (Fsp3) is 0.214. The van der Waals surface area contributed by atoms with E-state index in [0.29, 0.717) is 29.5 Å². The molecule has 0 saturated heterocycles. The van der Waals surface area contributed by atoms with Crippen molar-refractivity contribution >= 4 is 10.8 Å². The summed E-state index contributed by atoms with van der Waals surface area (Å²) in [4.78, 5) is 0. The molecule has 0 aromatic heterocycles. The van der Waals surface area contributed by atoms with E-state index in [0.717, 1.165) is 31.0 Å². The number of hydrogen-bond donors (Lipinski definition) is 0. The van der Waals surface area contributed by atoms with Crippen molar-refractivity contribution in [2.45, 2.75) is 38.7 Å². The smallest absolute Gasteiger partial charge is 0.429 e. The van der Waals surface area contributed by atoms with Gasteiger partial charge in [0.1, 0.15) is 22.9 Å². The molecule has 0 heterocycles. The molecule has 0 spiro atoms. The molecule has 0 aliphatic heterocycles. The number of halogens is 7. The van der Waals surface area contributed by atoms with Gasteiger partial charge in [0.25, 0.3) is 0 Å². The number of hydrogen-bond acceptors (Lipinski definition) is 1. The summed E-state index contributed by atoms with van der Waals surface area (Å²) in [5.74, 6) is -7.36. The average molecular weight is 506 g/mol. The molecule has 0 radical (unpaired) electrons. The number of ether oxygens (including phenoxy) is 1. The molecular weight excluding hydrogens is 485 g/mol. The van der Waals surface area contributed by atoms with Gasteiger partial charge in [0, 0.05) is 5.39 Å². The van der Waals surface area contributed by atoms with E-state index >= 15 is 0 Å². The van der Waals surface area contributed by atoms with Gasteiger partial charge in [0.15, 0.2) is 17.5 Å². The zero-order valence-corrected chi connectivity index (χ0v) is 19.2. The molecule has 4 aromatic carbocycles. The van der Waals surface area contributed by atoms with Gasteiger partial charge < -0.3 is 4.74 Å². The summed E-state index contributed by atoms with van der Waals surface area (Å²) in [7, 11) is 0. The molecule has 0 unspecified atom stereocenters. The Balaban J connectivity index is 1.56. The molecule has 188 valence electrons. The van der Waals surface area contributed by atoms with Gasteiger partial charge in [-0.05, 0) is 71.3 Å². The van der Waals surface area contributed by atoms with E-state index in [1.165, 1.54) is 42.5 Å². The van der Waals surface area contributed by atoms with Crippen LogP contribution >= 0.6 is 0 Å². The number of rotatable bonds is 8. The number of benzene rings is 4. The van der Waals surface area contributed by atoms with E-state index in [9.17, 15) is 30.7 Å². The third kappa shape index (κ3) is 5.17. The minimum atomic E-state index is -4.28. The van der Waals surface area contributed by atoms with Crippen LogP contribution in [0.1, 0.15) is 37.3 Å². The van der Waals surface area contributed by atoms with E-state index in [-0.39, 0.29) is 16.5 Å². The van der Waals surface area contributed by atoms with Crippen LogP contribution in [0.4, 0.5) is 30.7 Å². The predicted octanol–water partition coefficient (Wildman–Crippen LogP) is 9.06. The van der Waals surface area contributed by atoms with Crippen LogP contribution in [-0.4, -0.2) is 0 Å². The maximum absolute atomic E-state index is 14.7. The van der Waals surface area contributed by atoms with Crippen molar-refractivity contribution in [1.29, 1.82) is 0 Å². The Kier molecular flexibility index (Phi) is 7.24. The second-order valence-electron chi connectivity index (χ2n) is 8.46. The molecule has 1 nitrogen and oxygen atoms in total. The van der Waals surface area contributed by atoms with Crippen LogP contribution in [0.15, 0.2) is 60.7 Å². The fourth-order valence-corrected chi connectivity index (χ4v) is 4.03. The van der Waals surface area contributed by atoms with Crippen LogP contribution in [0, 0.1) is 29.1 Å². The zero-order chi connectivity index (χ0) is 26.0. The highest BCUT2D eigenvalue weighted by atomic mass is 19.3. The number of alkyl halides is 2. The normalized spacial score (nSPS) is 11.8. The highest BCUT2D eigenvalue weighted by Crippen LogP contribution is 2.36. The van der Waals surface area contributed by atoms with Crippen LogP contribution < -0.4 is 4.74 Å². The Morgan fingerprint density at radius 2 is 1.33 bits per heavy atom. The summed E-state index contributed by atoms with van der Waals surface area (Å²) in [5.41, 5.74) is -0.231. The molecule has 0 saturated carbocycles. The lowest BCUT2D eigenvalue weighted by atomic mass is 10.0. The summed E-state index contributed by atoms with van der Waals surface area (Å²) in [6.07, 6.45) is -1.46. The van der Waals surface area contributed by atoms with E-state index in [1.54, 1.807) is 0 Å². The predicted molar refractivity (Wildman–Crippen MR) is 123 cm³/mol. The largest absolute Gasteiger partial charge is 0.432 e. The first-order chi connectivity index (χ1) is 17.1. The van der Waals surface area contributed by atoms with Crippen LogP contribution in [0.25, 0.3) is 21.9 Å². The average Bonchev–Trinajstić information content (AvgIpc) is 2.82. The summed E-state index contributed by atoms with van der Waals surface area (Å²) in [6.45, 7) is 1.97. The van der Waals surface area contributed by atoms with Gasteiger partial charge in [0.2, 0.25) is 0 Å². The number of aryl methyl sites for hydroxylation is 1. The molecule has 36 heavy (non-hydrogen) atoms. The minimum absolute atomic E-state index is 0.111. The number of fused-ring (bicyclic) bond motifs is 1. The zero-order valence-electron chi connectivity index (χ0n) is 19.2. The van der Waals surface area contributed by atoms with Gasteiger partial charge in [-0.15, -0.1) is 0 Å². The summed E-state index contributed by atoms with van der Waals surface area (Å²) < 4.78 is 104. The van der Waals surface area contributed by atoms with Gasteiger partial charge in [0.05, 0.1) is 0 Å². The van der Waals surface area contributed by atoms with E-state index in [2.05, 4.69) is 4.74 Å². The van der Waals surface area contributed by atoms with Crippen molar-refractivity contribution in [3.05, 3.63) is 101 Å². The maximum atomic E-state index is 14.7. The molecule has 8 heteroatoms. The lowest BCUT2D eigenvalue weighted by Crippen LogP contribution is -2.25. The SMILES string of the molecule is CCCCCc1cc(F)c(C(F)(F)Oc2ccc(-c3ccc4c(F)c(F)c(F)cc4c3)cc2)c(F)c1. The van der Waals surface area contributed by atoms with Crippen molar-refractivity contribution in [3.8, 4) is 16.9 Å². The summed E-state index contributed by atoms with van der Waals surface area (Å²) >= 11 is 0. The van der Waals surface area contributed by atoms with Crippen LogP contribution in [0.3, 0.4) is 0 Å². The highest BCUT2D eigenvalue weighted by Gasteiger charge is 2.41. The Bertz CT molecular complexity index is 1370. The molecule has 0 aliphatic carbocycles. The Morgan fingerprint density at radius 3 is 1.97 bits per heavy atom. The molecular formula is C28H21F7O. The van der Waals surface area contributed by atoms with Gasteiger partial charge >= 0.3 is 6.11 Å². The molecule has 0 aliphatic rings. The molecule has 0 atom stereocenters. The summed E-state index contributed by atoms with van der Waals surface area (Å²) in [6, 6.07) is 11.9. The first kappa shape index (κ1) is 25.5. The minimum Gasteiger partial charge on any atom is -0.429 e. The van der Waals surface area contributed by atoms with E-state index in [1.807, 2.05) is 6.92 Å². The van der Waals surface area contributed by atoms with Crippen molar-refractivity contribution < 1.29 is 35.5 Å². The standard InChI is InChI=1S/C28H21F7O/c1-2-3-4-5-16-12-22(29)25(23(30)13-16)28(34,35)36-20-9-6-17(7-10-20)18-8-11-21-19(14-18)15-24(31)27(33)26(21)32/h6-15H,2-5H2,1H3. The van der Waals surface area contributed by atoms with E-state index in [4.69, 9.17) is 0 Å². The second-order valence-corrected chi connectivity index (χ2v) is 8.46. The lowest BCUT2D eigenvalue weighted by molar-refractivity contribution is -0.189. The third-order valence-corrected chi connectivity index (χ3v) is 5.87. The van der Waals surface area contributed by atoms with Gasteiger partial charge in [-0.2, -0.15) is 8.78 Å². The lowest BCUT2D eigenvalue weighted by Gasteiger charge is -2.20. The van der Waals surface area contributed by atoms with Gasteiger partial charge in [-0.25, -0.2) is 22.0 Å². The molecule has 0 amide bonds. The molecule has 0 N–H and O–H groups in total. The van der Waals surface area contributed by atoms with Gasteiger partial charge in [-0.3, -0.25) is 0 Å². The van der Waals surface area contributed by atoms with Crippen molar-refractivity contribution in [2.75, 3.05) is 0 Å². The monoisotopic (exact) mass is 506 g/mol. The molecule has 4 rings (SSSR count). The fourth-order valence-electron chi connectivity index (χ4n) is 4.03. The quantitative estimate of drug-likeness (QED) is 0.132. The molecule has 0 fully saturated rings. The topological polar surface area (TPSA) is 9.23 Å². The number of unbranched alkanes of at least 4 members (excludes halogenated alkanes) is 2. The first-order valence-corrected chi connectivity index (χ1v) is 11.3.